The van der Waals surface area contributed by atoms with Crippen molar-refractivity contribution >= 4 is 56.5 Å². The van der Waals surface area contributed by atoms with Gasteiger partial charge in [-0.3, -0.25) is 24.4 Å². The van der Waals surface area contributed by atoms with Crippen LogP contribution < -0.4 is 25.2 Å². The molecule has 2 unspecified atom stereocenters. The van der Waals surface area contributed by atoms with Crippen LogP contribution >= 0.6 is 11.3 Å². The maximum absolute atomic E-state index is 17.2. The summed E-state index contributed by atoms with van der Waals surface area (Å²) in [7, 11) is 0. The Bertz CT molecular complexity index is 3440. The summed E-state index contributed by atoms with van der Waals surface area (Å²) >= 11 is 1.62. The van der Waals surface area contributed by atoms with Gasteiger partial charge in [0.15, 0.2) is 17.4 Å². The zero-order valence-electron chi connectivity index (χ0n) is 48.2. The number of pyridine rings is 1. The molecule has 3 aromatic carbocycles. The Morgan fingerprint density at radius 2 is 1.70 bits per heavy atom. The molecule has 12 rings (SSSR count). The summed E-state index contributed by atoms with van der Waals surface area (Å²) in [6, 6.07) is 19.5. The third-order valence-electron chi connectivity index (χ3n) is 18.2. The molecule has 5 aliphatic rings. The first-order chi connectivity index (χ1) is 39.7. The van der Waals surface area contributed by atoms with Gasteiger partial charge in [-0.15, -0.1) is 11.3 Å². The van der Waals surface area contributed by atoms with E-state index in [1.807, 2.05) is 57.5 Å². The molecular weight excluding hydrogens is 1060 g/mol. The van der Waals surface area contributed by atoms with Gasteiger partial charge in [-0.05, 0) is 123 Å². The van der Waals surface area contributed by atoms with Crippen LogP contribution in [0.4, 0.5) is 16.0 Å². The highest BCUT2D eigenvalue weighted by Gasteiger charge is 2.42. The number of anilines is 2. The fourth-order valence-electron chi connectivity index (χ4n) is 13.6. The number of nitrogens with zero attached hydrogens (tertiary/aromatic N) is 10. The lowest BCUT2D eigenvalue weighted by Crippen LogP contribution is -2.51. The van der Waals surface area contributed by atoms with Crippen LogP contribution in [0.15, 0.2) is 76.9 Å². The van der Waals surface area contributed by atoms with E-state index in [2.05, 4.69) is 78.5 Å². The Kier molecular flexibility index (Phi) is 15.9. The molecule has 82 heavy (non-hydrogen) atoms. The third-order valence-corrected chi connectivity index (χ3v) is 19.2. The van der Waals surface area contributed by atoms with Gasteiger partial charge in [-0.2, -0.15) is 9.97 Å². The third kappa shape index (κ3) is 11.4. The maximum atomic E-state index is 17.2. The van der Waals surface area contributed by atoms with Gasteiger partial charge in [-0.1, -0.05) is 75.3 Å². The van der Waals surface area contributed by atoms with Gasteiger partial charge in [0.1, 0.15) is 41.3 Å². The minimum Gasteiger partial charge on any atom is -0.508 e. The predicted octanol–water partition coefficient (Wildman–Crippen LogP) is 9.52. The molecule has 432 valence electrons. The van der Waals surface area contributed by atoms with E-state index >= 15 is 4.39 Å². The van der Waals surface area contributed by atoms with Gasteiger partial charge in [0.05, 0.1) is 27.5 Å². The summed E-state index contributed by atoms with van der Waals surface area (Å²) in [5.41, 5.74) is 7.01. The monoisotopic (exact) mass is 1130 g/mol. The molecule has 19 heteroatoms. The summed E-state index contributed by atoms with van der Waals surface area (Å²) in [5.74, 6) is 0.566. The van der Waals surface area contributed by atoms with E-state index in [-0.39, 0.29) is 52.2 Å². The number of phenols is 1. The summed E-state index contributed by atoms with van der Waals surface area (Å²) in [6.07, 6.45) is 8.10. The number of aromatic hydroxyl groups is 1. The van der Waals surface area contributed by atoms with Crippen LogP contribution in [0.5, 0.6) is 11.8 Å². The molecule has 0 spiro atoms. The van der Waals surface area contributed by atoms with Crippen molar-refractivity contribution in [3.05, 3.63) is 101 Å². The lowest BCUT2D eigenvalue weighted by Gasteiger charge is -2.44. The minimum absolute atomic E-state index is 0.0489. The van der Waals surface area contributed by atoms with Gasteiger partial charge >= 0.3 is 6.01 Å². The van der Waals surface area contributed by atoms with E-state index in [1.165, 1.54) is 0 Å². The van der Waals surface area contributed by atoms with Crippen molar-refractivity contribution in [2.45, 2.75) is 117 Å². The van der Waals surface area contributed by atoms with E-state index in [9.17, 15) is 14.7 Å². The van der Waals surface area contributed by atoms with Crippen molar-refractivity contribution in [2.75, 3.05) is 88.4 Å². The van der Waals surface area contributed by atoms with E-state index in [4.69, 9.17) is 24.2 Å². The highest BCUT2D eigenvalue weighted by atomic mass is 32.1. The zero-order chi connectivity index (χ0) is 56.8. The smallest absolute Gasteiger partial charge is 0.319 e. The number of likely N-dealkylation sites (tertiary alicyclic amines) is 2. The molecule has 4 aromatic heterocycles. The van der Waals surface area contributed by atoms with Gasteiger partial charge in [0.2, 0.25) is 11.8 Å². The lowest BCUT2D eigenvalue weighted by molar-refractivity contribution is -0.141. The van der Waals surface area contributed by atoms with Gasteiger partial charge in [0.25, 0.3) is 0 Å². The van der Waals surface area contributed by atoms with Crippen molar-refractivity contribution in [1.82, 2.24) is 50.4 Å². The van der Waals surface area contributed by atoms with Crippen LogP contribution in [0.25, 0.3) is 43.4 Å². The Labute approximate surface area is 483 Å². The SMILES string of the molecule is CCc1cccc2cc(O)cc(-c3ncc4c(N5CC6CCC(C5)N6)nc(OCCN5CCC(C)(CN6CCN(c7cc([C@H](C(=O)N8CCC[C@H]8C(=O)N[C@@H](C)c8ccc(-c9scnc9C)cc8)C(C)C)on7)CC6)CC5)nc4c3F)c12. The number of aromatic nitrogens is 5. The molecule has 2 amide bonds. The van der Waals surface area contributed by atoms with E-state index in [0.29, 0.717) is 60.7 Å². The normalized spacial score (nSPS) is 21.2. The number of halogens is 1. The molecule has 9 heterocycles. The fourth-order valence-corrected chi connectivity index (χ4v) is 14.4. The van der Waals surface area contributed by atoms with Crippen LogP contribution in [0.2, 0.25) is 0 Å². The first kappa shape index (κ1) is 55.7. The number of amides is 2. The van der Waals surface area contributed by atoms with Crippen LogP contribution in [0.1, 0.15) is 108 Å². The molecule has 5 atom stereocenters. The van der Waals surface area contributed by atoms with Crippen molar-refractivity contribution in [3.8, 4) is 33.5 Å². The maximum Gasteiger partial charge on any atom is 0.319 e. The number of piperidine rings is 1. The molecule has 17 nitrogen and oxygen atoms in total. The van der Waals surface area contributed by atoms with Crippen molar-refractivity contribution in [3.63, 3.8) is 0 Å². The highest BCUT2D eigenvalue weighted by Crippen LogP contribution is 2.40. The molecule has 7 aromatic rings. The second kappa shape index (κ2) is 23.5. The molecule has 3 N–H and O–H groups in total. The largest absolute Gasteiger partial charge is 0.508 e. The first-order valence-electron chi connectivity index (χ1n) is 29.7. The molecular formula is C63H77FN12O5S. The Morgan fingerprint density at radius 1 is 0.927 bits per heavy atom. The second-order valence-corrected chi connectivity index (χ2v) is 25.2. The Hall–Kier alpha value is -6.80. The topological polar surface area (TPSA) is 181 Å². The highest BCUT2D eigenvalue weighted by molar-refractivity contribution is 7.13. The Morgan fingerprint density at radius 3 is 2.41 bits per heavy atom. The van der Waals surface area contributed by atoms with Crippen molar-refractivity contribution in [1.29, 1.82) is 0 Å². The van der Waals surface area contributed by atoms with Gasteiger partial charge in [-0.25, -0.2) is 9.37 Å². The molecule has 5 saturated heterocycles. The number of phenolic OH excluding ortho intramolecular Hbond substituents is 1. The summed E-state index contributed by atoms with van der Waals surface area (Å²) in [4.78, 5) is 59.5. The number of thiazole rings is 1. The van der Waals surface area contributed by atoms with Crippen LogP contribution in [-0.4, -0.2) is 153 Å². The van der Waals surface area contributed by atoms with Crippen LogP contribution in [-0.2, 0) is 16.0 Å². The Balaban J connectivity index is 0.639. The fraction of sp³-hybridized carbons (Fsp3) is 0.508. The van der Waals surface area contributed by atoms with Crippen LogP contribution in [0.3, 0.4) is 0 Å². The molecule has 0 radical (unpaired) electrons. The number of carbonyl (C=O) groups excluding carboxylic acids is 2. The van der Waals surface area contributed by atoms with E-state index < -0.39 is 17.8 Å². The second-order valence-electron chi connectivity index (χ2n) is 24.3. The molecule has 0 aliphatic carbocycles. The number of benzene rings is 3. The number of ether oxygens (including phenoxy) is 1. The average molecular weight is 1130 g/mol. The standard InChI is InChI=1S/C63H77FN12O5S/c1-7-41-10-8-11-44-30-47(77)31-48(54(41)44)56-55(64)57-49(33-65-56)59(75-34-45-17-18-46(35-75)68-45)70-62(69-57)80-29-28-72-22-19-63(6,20-23-72)36-73-24-26-74(27-25-73)52-32-51(81-71-52)53(38(2)3)61(79)76-21-9-12-50(76)60(78)67-39(4)42-13-15-43(16-14-42)58-40(5)66-37-82-58/h8,10-11,13-16,30-33,37-39,45-46,50,53,68,77H,7,9,12,17-29,34-36H2,1-6H3,(H,67,78)/t39-,45?,46?,50-,53+/m0/s1. The number of fused-ring (bicyclic) bond motifs is 4. The minimum atomic E-state index is -0.560. The number of hydrogen-bond acceptors (Lipinski definition) is 16. The van der Waals surface area contributed by atoms with Crippen molar-refractivity contribution < 1.29 is 28.3 Å². The molecule has 2 bridgehead atoms. The van der Waals surface area contributed by atoms with Gasteiger partial charge < -0.3 is 39.7 Å². The summed E-state index contributed by atoms with van der Waals surface area (Å²) in [6.45, 7) is 21.9. The number of carbonyl (C=O) groups is 2. The average Bonchev–Trinajstić information content (AvgIpc) is 3.84. The zero-order valence-corrected chi connectivity index (χ0v) is 49.0. The predicted molar refractivity (Wildman–Crippen MR) is 319 cm³/mol. The first-order valence-corrected chi connectivity index (χ1v) is 30.6. The number of aryl methyl sites for hydroxylation is 2. The molecule has 0 saturated carbocycles. The number of rotatable bonds is 17. The van der Waals surface area contributed by atoms with E-state index in [1.54, 1.807) is 34.6 Å². The molecule has 5 fully saturated rings. The van der Waals surface area contributed by atoms with Crippen LogP contribution in [0, 0.1) is 24.1 Å². The van der Waals surface area contributed by atoms with Crippen molar-refractivity contribution in [2.24, 2.45) is 11.3 Å². The summed E-state index contributed by atoms with van der Waals surface area (Å²) < 4.78 is 29.6. The van der Waals surface area contributed by atoms with Gasteiger partial charge in [0, 0.05) is 88.8 Å². The number of nitrogens with one attached hydrogen (secondary N) is 2. The quantitative estimate of drug-likeness (QED) is 0.0784. The number of hydrogen-bond donors (Lipinski definition) is 3. The number of piperazine rings is 2. The summed E-state index contributed by atoms with van der Waals surface area (Å²) in [5, 5.41) is 24.5. The lowest BCUT2D eigenvalue weighted by atomic mass is 9.79. The van der Waals surface area contributed by atoms with E-state index in [0.717, 1.165) is 141 Å². The molecule has 5 aliphatic heterocycles.